The molecule has 34 heavy (non-hydrogen) atoms. The Bertz CT molecular complexity index is 1420. The summed E-state index contributed by atoms with van der Waals surface area (Å²) in [4.78, 5) is 31.7. The standard InChI is InChI=1S/C26H26N2O5S/c1-5-32-20-10-8-7-9-18(20)15-21-24(29)28-23(17-11-13-19(31-4)14-12-17)22(25(30)33-6-2)16(3)27-26(28)34-21/h7-15,23H,5-6H2,1-4H3. The van der Waals surface area contributed by atoms with Crippen molar-refractivity contribution in [3.8, 4) is 11.5 Å². The molecule has 4 rings (SSSR count). The Labute approximate surface area is 201 Å². The lowest BCUT2D eigenvalue weighted by atomic mass is 9.96. The van der Waals surface area contributed by atoms with Crippen LogP contribution in [0.5, 0.6) is 11.5 Å². The number of carbonyl (C=O) groups is 1. The van der Waals surface area contributed by atoms with Gasteiger partial charge in [0, 0.05) is 5.56 Å². The molecule has 0 saturated heterocycles. The third-order valence-corrected chi connectivity index (χ3v) is 6.44. The molecule has 0 spiro atoms. The Hall–Kier alpha value is -3.65. The minimum atomic E-state index is -0.662. The van der Waals surface area contributed by atoms with Crippen molar-refractivity contribution < 1.29 is 19.0 Å². The van der Waals surface area contributed by atoms with E-state index in [0.717, 1.165) is 11.1 Å². The third kappa shape index (κ3) is 4.41. The van der Waals surface area contributed by atoms with Gasteiger partial charge in [-0.3, -0.25) is 9.36 Å². The summed E-state index contributed by atoms with van der Waals surface area (Å²) in [6.07, 6.45) is 1.81. The van der Waals surface area contributed by atoms with E-state index in [1.165, 1.54) is 11.3 Å². The fraction of sp³-hybridized carbons (Fsp3) is 0.269. The first-order valence-electron chi connectivity index (χ1n) is 11.0. The minimum absolute atomic E-state index is 0.226. The van der Waals surface area contributed by atoms with Crippen LogP contribution in [0.3, 0.4) is 0 Å². The summed E-state index contributed by atoms with van der Waals surface area (Å²) < 4.78 is 18.4. The molecule has 7 nitrogen and oxygen atoms in total. The van der Waals surface area contributed by atoms with Crippen LogP contribution < -0.4 is 24.4 Å². The predicted molar refractivity (Wildman–Crippen MR) is 131 cm³/mol. The highest BCUT2D eigenvalue weighted by Gasteiger charge is 2.33. The highest BCUT2D eigenvalue weighted by atomic mass is 32.1. The van der Waals surface area contributed by atoms with Crippen molar-refractivity contribution in [3.05, 3.63) is 90.6 Å². The summed E-state index contributed by atoms with van der Waals surface area (Å²) >= 11 is 1.28. The number of esters is 1. The molecule has 0 N–H and O–H groups in total. The van der Waals surface area contributed by atoms with Crippen molar-refractivity contribution >= 4 is 23.4 Å². The number of ether oxygens (including phenoxy) is 3. The lowest BCUT2D eigenvalue weighted by molar-refractivity contribution is -0.139. The third-order valence-electron chi connectivity index (χ3n) is 5.45. The zero-order valence-corrected chi connectivity index (χ0v) is 20.3. The summed E-state index contributed by atoms with van der Waals surface area (Å²) in [5.74, 6) is 0.897. The highest BCUT2D eigenvalue weighted by molar-refractivity contribution is 7.07. The van der Waals surface area contributed by atoms with Gasteiger partial charge >= 0.3 is 5.97 Å². The monoisotopic (exact) mass is 478 g/mol. The van der Waals surface area contributed by atoms with Gasteiger partial charge in [-0.05, 0) is 50.6 Å². The molecule has 1 aromatic heterocycles. The number of hydrogen-bond acceptors (Lipinski definition) is 7. The molecule has 2 aromatic carbocycles. The molecule has 0 amide bonds. The molecule has 1 aliphatic heterocycles. The number of benzene rings is 2. The van der Waals surface area contributed by atoms with E-state index in [-0.39, 0.29) is 12.2 Å². The maximum Gasteiger partial charge on any atom is 0.338 e. The zero-order valence-electron chi connectivity index (χ0n) is 19.5. The van der Waals surface area contributed by atoms with Crippen LogP contribution in [0, 0.1) is 0 Å². The van der Waals surface area contributed by atoms with Gasteiger partial charge in [0.25, 0.3) is 5.56 Å². The fourth-order valence-corrected chi connectivity index (χ4v) is 4.96. The van der Waals surface area contributed by atoms with Crippen LogP contribution in [0.15, 0.2) is 69.6 Å². The zero-order chi connectivity index (χ0) is 24.2. The van der Waals surface area contributed by atoms with Crippen LogP contribution in [-0.2, 0) is 9.53 Å². The van der Waals surface area contributed by atoms with Crippen LogP contribution in [0.25, 0.3) is 6.08 Å². The van der Waals surface area contributed by atoms with Crippen molar-refractivity contribution in [1.29, 1.82) is 0 Å². The molecule has 1 aliphatic rings. The number of rotatable bonds is 7. The predicted octanol–water partition coefficient (Wildman–Crippen LogP) is 3.21. The molecule has 2 heterocycles. The van der Waals surface area contributed by atoms with E-state index < -0.39 is 12.0 Å². The van der Waals surface area contributed by atoms with Gasteiger partial charge in [-0.15, -0.1) is 0 Å². The number of carbonyl (C=O) groups excluding carboxylic acids is 1. The largest absolute Gasteiger partial charge is 0.497 e. The molecule has 0 bridgehead atoms. The molecule has 1 unspecified atom stereocenters. The van der Waals surface area contributed by atoms with E-state index in [4.69, 9.17) is 14.2 Å². The summed E-state index contributed by atoms with van der Waals surface area (Å²) in [6.45, 7) is 6.18. The Morgan fingerprint density at radius 3 is 2.53 bits per heavy atom. The maximum atomic E-state index is 13.7. The summed E-state index contributed by atoms with van der Waals surface area (Å²) in [7, 11) is 1.59. The number of thiazole rings is 1. The number of para-hydroxylation sites is 1. The number of fused-ring (bicyclic) bond motifs is 1. The van der Waals surface area contributed by atoms with Crippen LogP contribution >= 0.6 is 11.3 Å². The molecule has 3 aromatic rings. The van der Waals surface area contributed by atoms with Crippen molar-refractivity contribution in [2.75, 3.05) is 20.3 Å². The topological polar surface area (TPSA) is 79.1 Å². The average molecular weight is 479 g/mol. The molecule has 176 valence electrons. The second kappa shape index (κ2) is 10.1. The van der Waals surface area contributed by atoms with Crippen molar-refractivity contribution in [1.82, 2.24) is 4.57 Å². The number of hydrogen-bond donors (Lipinski definition) is 0. The Balaban J connectivity index is 1.93. The summed E-state index contributed by atoms with van der Waals surface area (Å²) in [6, 6.07) is 14.2. The molecular formula is C26H26N2O5S. The number of aromatic nitrogens is 1. The Kier molecular flexibility index (Phi) is 6.98. The highest BCUT2D eigenvalue weighted by Crippen LogP contribution is 2.31. The first-order chi connectivity index (χ1) is 16.5. The smallest absolute Gasteiger partial charge is 0.338 e. The first-order valence-corrected chi connectivity index (χ1v) is 11.9. The summed E-state index contributed by atoms with van der Waals surface area (Å²) in [5, 5.41) is 0. The lowest BCUT2D eigenvalue weighted by Crippen LogP contribution is -2.39. The molecule has 0 radical (unpaired) electrons. The van der Waals surface area contributed by atoms with Crippen molar-refractivity contribution in [3.63, 3.8) is 0 Å². The van der Waals surface area contributed by atoms with Gasteiger partial charge in [-0.1, -0.05) is 41.7 Å². The average Bonchev–Trinajstić information content (AvgIpc) is 3.14. The molecule has 0 fully saturated rings. The van der Waals surface area contributed by atoms with E-state index in [2.05, 4.69) is 4.99 Å². The van der Waals surface area contributed by atoms with E-state index in [1.54, 1.807) is 25.5 Å². The second-order valence-electron chi connectivity index (χ2n) is 7.55. The Morgan fingerprint density at radius 2 is 1.85 bits per heavy atom. The van der Waals surface area contributed by atoms with E-state index in [9.17, 15) is 9.59 Å². The van der Waals surface area contributed by atoms with Gasteiger partial charge < -0.3 is 14.2 Å². The van der Waals surface area contributed by atoms with Gasteiger partial charge in [0.1, 0.15) is 11.5 Å². The lowest BCUT2D eigenvalue weighted by Gasteiger charge is -2.24. The fourth-order valence-electron chi connectivity index (χ4n) is 3.92. The van der Waals surface area contributed by atoms with Crippen LogP contribution in [0.1, 0.15) is 37.9 Å². The number of methoxy groups -OCH3 is 1. The minimum Gasteiger partial charge on any atom is -0.497 e. The quantitative estimate of drug-likeness (QED) is 0.488. The maximum absolute atomic E-state index is 13.7. The van der Waals surface area contributed by atoms with Crippen LogP contribution in [0.2, 0.25) is 0 Å². The molecule has 0 saturated carbocycles. The SMILES string of the molecule is CCOC(=O)C1=C(C)N=c2sc(=Cc3ccccc3OCC)c(=O)n2C1c1ccc(OC)cc1. The van der Waals surface area contributed by atoms with Crippen LogP contribution in [0.4, 0.5) is 0 Å². The van der Waals surface area contributed by atoms with Gasteiger partial charge in [-0.25, -0.2) is 9.79 Å². The van der Waals surface area contributed by atoms with E-state index in [1.807, 2.05) is 61.5 Å². The van der Waals surface area contributed by atoms with Crippen LogP contribution in [-0.4, -0.2) is 30.9 Å². The second-order valence-corrected chi connectivity index (χ2v) is 8.56. The normalized spacial score (nSPS) is 15.5. The number of allylic oxidation sites excluding steroid dienone is 1. The van der Waals surface area contributed by atoms with Gasteiger partial charge in [0.05, 0.1) is 42.2 Å². The number of nitrogens with zero attached hydrogens (tertiary/aromatic N) is 2. The van der Waals surface area contributed by atoms with Crippen molar-refractivity contribution in [2.24, 2.45) is 4.99 Å². The van der Waals surface area contributed by atoms with E-state index in [0.29, 0.717) is 38.7 Å². The van der Waals surface area contributed by atoms with Gasteiger partial charge in [0.15, 0.2) is 4.80 Å². The molecular weight excluding hydrogens is 452 g/mol. The summed E-state index contributed by atoms with van der Waals surface area (Å²) in [5.41, 5.74) is 2.21. The Morgan fingerprint density at radius 1 is 1.12 bits per heavy atom. The van der Waals surface area contributed by atoms with Crippen molar-refractivity contribution in [2.45, 2.75) is 26.8 Å². The van der Waals surface area contributed by atoms with Gasteiger partial charge in [0.2, 0.25) is 0 Å². The molecule has 0 aliphatic carbocycles. The molecule has 1 atom stereocenters. The first kappa shape index (κ1) is 23.5. The molecule has 8 heteroatoms. The van der Waals surface area contributed by atoms with E-state index >= 15 is 0 Å². The van der Waals surface area contributed by atoms with Gasteiger partial charge in [-0.2, -0.15) is 0 Å².